The third kappa shape index (κ3) is 3.58. The van der Waals surface area contributed by atoms with Crippen LogP contribution in [0.15, 0.2) is 24.5 Å². The van der Waals surface area contributed by atoms with E-state index in [1.54, 1.807) is 24.5 Å². The number of nitrogens with one attached hydrogen (secondary N) is 1. The highest BCUT2D eigenvalue weighted by Gasteiger charge is 2.18. The summed E-state index contributed by atoms with van der Waals surface area (Å²) in [5.41, 5.74) is 2.09. The molecule has 0 aliphatic carbocycles. The summed E-state index contributed by atoms with van der Waals surface area (Å²) >= 11 is 6.06. The van der Waals surface area contributed by atoms with Crippen LogP contribution in [0.1, 0.15) is 21.7 Å². The summed E-state index contributed by atoms with van der Waals surface area (Å²) < 4.78 is 5.08. The highest BCUT2D eigenvalue weighted by atomic mass is 35.5. The van der Waals surface area contributed by atoms with Crippen LogP contribution >= 0.6 is 11.6 Å². The number of aryl methyl sites for hydroxylation is 1. The first-order chi connectivity index (χ1) is 10.6. The molecule has 118 valence electrons. The first kappa shape index (κ1) is 16.3. The molecule has 7 heteroatoms. The van der Waals surface area contributed by atoms with Crippen molar-refractivity contribution in [3.8, 4) is 5.75 Å². The van der Waals surface area contributed by atoms with Gasteiger partial charge in [-0.25, -0.2) is 4.98 Å². The Balaban J connectivity index is 2.22. The van der Waals surface area contributed by atoms with E-state index in [2.05, 4.69) is 9.97 Å². The minimum Gasteiger partial charge on any atom is -0.495 e. The highest BCUT2D eigenvalue weighted by molar-refractivity contribution is 6.32. The summed E-state index contributed by atoms with van der Waals surface area (Å²) in [6.07, 6.45) is 1.58. The zero-order valence-electron chi connectivity index (χ0n) is 12.5. The fourth-order valence-corrected chi connectivity index (χ4v) is 2.34. The van der Waals surface area contributed by atoms with Crippen molar-refractivity contribution >= 4 is 17.5 Å². The summed E-state index contributed by atoms with van der Waals surface area (Å²) in [5, 5.41) is 9.57. The van der Waals surface area contributed by atoms with Crippen LogP contribution in [-0.4, -0.2) is 46.1 Å². The molecule has 0 saturated heterocycles. The van der Waals surface area contributed by atoms with Crippen LogP contribution in [0.4, 0.5) is 0 Å². The predicted molar refractivity (Wildman–Crippen MR) is 83.2 cm³/mol. The van der Waals surface area contributed by atoms with E-state index >= 15 is 0 Å². The van der Waals surface area contributed by atoms with Crippen molar-refractivity contribution in [3.63, 3.8) is 0 Å². The number of imidazole rings is 1. The molecule has 0 fully saturated rings. The number of hydrogen-bond donors (Lipinski definition) is 2. The molecule has 0 unspecified atom stereocenters. The molecule has 2 N–H and O–H groups in total. The maximum atomic E-state index is 12.6. The average molecular weight is 324 g/mol. The van der Waals surface area contributed by atoms with Crippen molar-refractivity contribution in [2.24, 2.45) is 0 Å². The van der Waals surface area contributed by atoms with Gasteiger partial charge in [-0.15, -0.1) is 0 Å². The molecule has 0 radical (unpaired) electrons. The number of aromatic nitrogens is 2. The smallest absolute Gasteiger partial charge is 0.254 e. The van der Waals surface area contributed by atoms with Gasteiger partial charge in [-0.3, -0.25) is 4.79 Å². The van der Waals surface area contributed by atoms with Crippen molar-refractivity contribution < 1.29 is 14.6 Å². The number of rotatable bonds is 6. The number of aliphatic hydroxyl groups excluding tert-OH is 1. The van der Waals surface area contributed by atoms with E-state index in [1.807, 2.05) is 6.92 Å². The Bertz CT molecular complexity index is 657. The van der Waals surface area contributed by atoms with Gasteiger partial charge in [-0.1, -0.05) is 11.6 Å². The lowest BCUT2D eigenvalue weighted by Crippen LogP contribution is -2.33. The van der Waals surface area contributed by atoms with Crippen LogP contribution in [0.2, 0.25) is 5.02 Å². The van der Waals surface area contributed by atoms with Crippen molar-refractivity contribution in [2.75, 3.05) is 20.3 Å². The molecule has 0 bridgehead atoms. The molecule has 1 aromatic carbocycles. The molecule has 2 aromatic rings. The standard InChI is InChI=1S/C15H18ClN3O3/c1-10-13(18-9-17-10)8-19(5-6-20)15(21)11-3-4-14(22-2)12(16)7-11/h3-4,7,9,20H,5-6,8H2,1-2H3,(H,17,18). The maximum Gasteiger partial charge on any atom is 0.254 e. The molecule has 0 saturated carbocycles. The van der Waals surface area contributed by atoms with E-state index in [4.69, 9.17) is 16.3 Å². The number of amides is 1. The quantitative estimate of drug-likeness (QED) is 0.852. The number of aliphatic hydroxyl groups is 1. The second-order valence-electron chi connectivity index (χ2n) is 4.77. The molecule has 0 spiro atoms. The van der Waals surface area contributed by atoms with Gasteiger partial charge in [-0.2, -0.15) is 0 Å². The molecule has 0 atom stereocenters. The lowest BCUT2D eigenvalue weighted by molar-refractivity contribution is 0.0705. The Morgan fingerprint density at radius 2 is 2.27 bits per heavy atom. The van der Waals surface area contributed by atoms with E-state index in [1.165, 1.54) is 12.0 Å². The second kappa shape index (κ2) is 7.29. The number of H-pyrrole nitrogens is 1. The van der Waals surface area contributed by atoms with Crippen LogP contribution in [0.25, 0.3) is 0 Å². The Kier molecular flexibility index (Phi) is 5.41. The van der Waals surface area contributed by atoms with Gasteiger partial charge in [-0.05, 0) is 25.1 Å². The molecule has 2 rings (SSSR count). The summed E-state index contributed by atoms with van der Waals surface area (Å²) in [5.74, 6) is 0.288. The van der Waals surface area contributed by atoms with Gasteiger partial charge in [0.25, 0.3) is 5.91 Å². The number of benzene rings is 1. The van der Waals surface area contributed by atoms with Gasteiger partial charge < -0.3 is 19.7 Å². The van der Waals surface area contributed by atoms with E-state index in [0.29, 0.717) is 22.9 Å². The fourth-order valence-electron chi connectivity index (χ4n) is 2.08. The molecule has 1 aromatic heterocycles. The molecular weight excluding hydrogens is 306 g/mol. The summed E-state index contributed by atoms with van der Waals surface area (Å²) in [6.45, 7) is 2.29. The minimum atomic E-state index is -0.221. The Labute approximate surface area is 133 Å². The van der Waals surface area contributed by atoms with Crippen LogP contribution in [0.5, 0.6) is 5.75 Å². The van der Waals surface area contributed by atoms with Crippen molar-refractivity contribution in [1.82, 2.24) is 14.9 Å². The number of nitrogens with zero attached hydrogens (tertiary/aromatic N) is 2. The fraction of sp³-hybridized carbons (Fsp3) is 0.333. The van der Waals surface area contributed by atoms with Gasteiger partial charge in [0.15, 0.2) is 0 Å². The predicted octanol–water partition coefficient (Wildman–Crippen LogP) is 2.01. The van der Waals surface area contributed by atoms with Crippen molar-refractivity contribution in [3.05, 3.63) is 46.5 Å². The van der Waals surface area contributed by atoms with Crippen molar-refractivity contribution in [2.45, 2.75) is 13.5 Å². The maximum absolute atomic E-state index is 12.6. The van der Waals surface area contributed by atoms with Gasteiger partial charge in [0.2, 0.25) is 0 Å². The van der Waals surface area contributed by atoms with Gasteiger partial charge in [0, 0.05) is 17.8 Å². The number of hydrogen-bond acceptors (Lipinski definition) is 4. The third-order valence-corrected chi connectivity index (χ3v) is 3.63. The topological polar surface area (TPSA) is 78.4 Å². The first-order valence-corrected chi connectivity index (χ1v) is 7.17. The molecule has 1 heterocycles. The summed E-state index contributed by atoms with van der Waals surface area (Å²) in [4.78, 5) is 21.3. The average Bonchev–Trinajstić information content (AvgIpc) is 2.91. The highest BCUT2D eigenvalue weighted by Crippen LogP contribution is 2.25. The lowest BCUT2D eigenvalue weighted by atomic mass is 10.1. The Morgan fingerprint density at radius 3 is 2.82 bits per heavy atom. The Morgan fingerprint density at radius 1 is 1.50 bits per heavy atom. The molecule has 6 nitrogen and oxygen atoms in total. The number of halogens is 1. The number of carbonyl (C=O) groups excluding carboxylic acids is 1. The zero-order valence-corrected chi connectivity index (χ0v) is 13.2. The largest absolute Gasteiger partial charge is 0.495 e. The van der Waals surface area contributed by atoms with E-state index < -0.39 is 0 Å². The van der Waals surface area contributed by atoms with Gasteiger partial charge in [0.1, 0.15) is 5.75 Å². The minimum absolute atomic E-state index is 0.126. The van der Waals surface area contributed by atoms with Crippen LogP contribution in [-0.2, 0) is 6.54 Å². The SMILES string of the molecule is COc1ccc(C(=O)N(CCO)Cc2nc[nH]c2C)cc1Cl. The normalized spacial score (nSPS) is 10.5. The summed E-state index contributed by atoms with van der Waals surface area (Å²) in [7, 11) is 1.52. The van der Waals surface area contributed by atoms with Gasteiger partial charge in [0.05, 0.1) is 37.3 Å². The number of ether oxygens (including phenoxy) is 1. The molecule has 0 aliphatic rings. The summed E-state index contributed by atoms with van der Waals surface area (Å²) in [6, 6.07) is 4.85. The van der Waals surface area contributed by atoms with Crippen LogP contribution in [0.3, 0.4) is 0 Å². The second-order valence-corrected chi connectivity index (χ2v) is 5.18. The Hall–Kier alpha value is -2.05. The van der Waals surface area contributed by atoms with E-state index in [9.17, 15) is 9.90 Å². The molecular formula is C15H18ClN3O3. The zero-order chi connectivity index (χ0) is 16.1. The molecule has 1 amide bonds. The van der Waals surface area contributed by atoms with Crippen molar-refractivity contribution in [1.29, 1.82) is 0 Å². The number of carbonyl (C=O) groups is 1. The van der Waals surface area contributed by atoms with Crippen LogP contribution in [0, 0.1) is 6.92 Å². The number of aromatic amines is 1. The third-order valence-electron chi connectivity index (χ3n) is 3.33. The van der Waals surface area contributed by atoms with Crippen LogP contribution < -0.4 is 4.74 Å². The van der Waals surface area contributed by atoms with E-state index in [-0.39, 0.29) is 19.1 Å². The first-order valence-electron chi connectivity index (χ1n) is 6.79. The van der Waals surface area contributed by atoms with E-state index in [0.717, 1.165) is 11.4 Å². The number of methoxy groups -OCH3 is 1. The molecule has 0 aliphatic heterocycles. The van der Waals surface area contributed by atoms with Gasteiger partial charge >= 0.3 is 0 Å². The molecule has 22 heavy (non-hydrogen) atoms. The monoisotopic (exact) mass is 323 g/mol. The lowest BCUT2D eigenvalue weighted by Gasteiger charge is -2.21.